The lowest BCUT2D eigenvalue weighted by molar-refractivity contribution is 0.414. The Morgan fingerprint density at radius 3 is 2.75 bits per heavy atom. The van der Waals surface area contributed by atoms with Gasteiger partial charge in [0.2, 0.25) is 0 Å². The summed E-state index contributed by atoms with van der Waals surface area (Å²) in [7, 11) is 0. The second kappa shape index (κ2) is 6.06. The molecule has 0 amide bonds. The molecule has 0 spiro atoms. The highest BCUT2D eigenvalue weighted by atomic mass is 32.1. The average molecular weight is 286 g/mol. The van der Waals surface area contributed by atoms with E-state index in [4.69, 9.17) is 0 Å². The van der Waals surface area contributed by atoms with Gasteiger partial charge in [0.05, 0.1) is 11.0 Å². The standard InChI is InChI=1S/C17H22N2S/c1-3-18-17(16-11-19-12(2)20-16)15-10-5-4-9-14(15)13-7-6-8-13/h4-5,9-11,13,17-18H,3,6-8H2,1-2H3. The summed E-state index contributed by atoms with van der Waals surface area (Å²) in [5, 5.41) is 4.79. The first-order valence-electron chi connectivity index (χ1n) is 7.54. The van der Waals surface area contributed by atoms with E-state index in [2.05, 4.69) is 48.4 Å². The molecule has 1 saturated carbocycles. The van der Waals surface area contributed by atoms with Crippen LogP contribution in [0.2, 0.25) is 0 Å². The molecular formula is C17H22N2S. The molecule has 0 aliphatic heterocycles. The largest absolute Gasteiger partial charge is 0.306 e. The maximum atomic E-state index is 4.43. The minimum Gasteiger partial charge on any atom is -0.306 e. The molecule has 1 fully saturated rings. The predicted molar refractivity (Wildman–Crippen MR) is 85.4 cm³/mol. The zero-order valence-electron chi connectivity index (χ0n) is 12.2. The molecule has 20 heavy (non-hydrogen) atoms. The molecule has 3 heteroatoms. The summed E-state index contributed by atoms with van der Waals surface area (Å²) in [4.78, 5) is 5.76. The van der Waals surface area contributed by atoms with Gasteiger partial charge in [0, 0.05) is 11.1 Å². The molecule has 1 aliphatic carbocycles. The Kier molecular flexibility index (Phi) is 4.18. The third-order valence-electron chi connectivity index (χ3n) is 4.18. The predicted octanol–water partition coefficient (Wildman–Crippen LogP) is 4.42. The number of aryl methyl sites for hydroxylation is 1. The highest BCUT2D eigenvalue weighted by Gasteiger charge is 2.26. The molecule has 1 aliphatic rings. The first-order valence-corrected chi connectivity index (χ1v) is 8.35. The van der Waals surface area contributed by atoms with Gasteiger partial charge in [-0.05, 0) is 43.4 Å². The first kappa shape index (κ1) is 13.8. The van der Waals surface area contributed by atoms with E-state index < -0.39 is 0 Å². The normalized spacial score (nSPS) is 16.9. The fourth-order valence-corrected chi connectivity index (χ4v) is 3.82. The number of hydrogen-bond donors (Lipinski definition) is 1. The summed E-state index contributed by atoms with van der Waals surface area (Å²) >= 11 is 1.80. The van der Waals surface area contributed by atoms with Crippen LogP contribution in [0.3, 0.4) is 0 Å². The number of hydrogen-bond acceptors (Lipinski definition) is 3. The Morgan fingerprint density at radius 2 is 2.15 bits per heavy atom. The van der Waals surface area contributed by atoms with Crippen molar-refractivity contribution >= 4 is 11.3 Å². The molecule has 1 atom stereocenters. The summed E-state index contributed by atoms with van der Waals surface area (Å²) in [5.74, 6) is 0.765. The van der Waals surface area contributed by atoms with Crippen molar-refractivity contribution in [3.8, 4) is 0 Å². The maximum absolute atomic E-state index is 4.43. The highest BCUT2D eigenvalue weighted by Crippen LogP contribution is 2.41. The van der Waals surface area contributed by atoms with Crippen LogP contribution in [0.5, 0.6) is 0 Å². The van der Waals surface area contributed by atoms with Crippen molar-refractivity contribution in [2.24, 2.45) is 0 Å². The number of benzene rings is 1. The lowest BCUT2D eigenvalue weighted by Crippen LogP contribution is -2.24. The van der Waals surface area contributed by atoms with Gasteiger partial charge in [-0.15, -0.1) is 11.3 Å². The van der Waals surface area contributed by atoms with E-state index in [1.165, 1.54) is 35.3 Å². The smallest absolute Gasteiger partial charge is 0.0897 e. The number of nitrogens with zero attached hydrogens (tertiary/aromatic N) is 1. The van der Waals surface area contributed by atoms with Crippen LogP contribution in [0.25, 0.3) is 0 Å². The molecule has 0 saturated heterocycles. The Hall–Kier alpha value is -1.19. The van der Waals surface area contributed by atoms with Crippen molar-refractivity contribution in [2.45, 2.75) is 45.1 Å². The minimum absolute atomic E-state index is 0.294. The Bertz CT molecular complexity index is 572. The molecule has 1 aromatic carbocycles. The van der Waals surface area contributed by atoms with Gasteiger partial charge in [-0.25, -0.2) is 4.98 Å². The summed E-state index contributed by atoms with van der Waals surface area (Å²) in [6.07, 6.45) is 6.10. The van der Waals surface area contributed by atoms with Crippen molar-refractivity contribution in [3.05, 3.63) is 51.5 Å². The van der Waals surface area contributed by atoms with Gasteiger partial charge < -0.3 is 5.32 Å². The molecule has 3 rings (SSSR count). The van der Waals surface area contributed by atoms with Crippen molar-refractivity contribution < 1.29 is 0 Å². The van der Waals surface area contributed by atoms with E-state index in [0.717, 1.165) is 17.5 Å². The van der Waals surface area contributed by atoms with Gasteiger partial charge in [-0.2, -0.15) is 0 Å². The van der Waals surface area contributed by atoms with Gasteiger partial charge in [-0.1, -0.05) is 37.6 Å². The van der Waals surface area contributed by atoms with Gasteiger partial charge in [0.1, 0.15) is 0 Å². The highest BCUT2D eigenvalue weighted by molar-refractivity contribution is 7.11. The molecule has 2 nitrogen and oxygen atoms in total. The summed E-state index contributed by atoms with van der Waals surface area (Å²) in [6.45, 7) is 5.22. The van der Waals surface area contributed by atoms with Gasteiger partial charge in [0.15, 0.2) is 0 Å². The zero-order valence-corrected chi connectivity index (χ0v) is 13.0. The fourth-order valence-electron chi connectivity index (χ4n) is 2.94. The zero-order chi connectivity index (χ0) is 13.9. The fraction of sp³-hybridized carbons (Fsp3) is 0.471. The van der Waals surface area contributed by atoms with Gasteiger partial charge >= 0.3 is 0 Å². The second-order valence-electron chi connectivity index (χ2n) is 5.53. The third-order valence-corrected chi connectivity index (χ3v) is 5.16. The van der Waals surface area contributed by atoms with Crippen LogP contribution in [0.15, 0.2) is 30.5 Å². The Balaban J connectivity index is 1.98. The molecule has 2 aromatic rings. The van der Waals surface area contributed by atoms with Crippen molar-refractivity contribution in [2.75, 3.05) is 6.54 Å². The number of thiazole rings is 1. The molecule has 0 bridgehead atoms. The monoisotopic (exact) mass is 286 g/mol. The van der Waals surface area contributed by atoms with Crippen molar-refractivity contribution in [1.29, 1.82) is 0 Å². The van der Waals surface area contributed by atoms with E-state index in [1.54, 1.807) is 11.3 Å². The van der Waals surface area contributed by atoms with E-state index in [1.807, 2.05) is 6.20 Å². The van der Waals surface area contributed by atoms with E-state index >= 15 is 0 Å². The van der Waals surface area contributed by atoms with Crippen molar-refractivity contribution in [1.82, 2.24) is 10.3 Å². The Labute approximate surface area is 125 Å². The van der Waals surface area contributed by atoms with Crippen LogP contribution in [0, 0.1) is 6.92 Å². The van der Waals surface area contributed by atoms with E-state index in [9.17, 15) is 0 Å². The lowest BCUT2D eigenvalue weighted by atomic mass is 9.77. The van der Waals surface area contributed by atoms with Crippen molar-refractivity contribution in [3.63, 3.8) is 0 Å². The molecule has 1 heterocycles. The SMILES string of the molecule is CCNC(c1cnc(C)s1)c1ccccc1C1CCC1. The van der Waals surface area contributed by atoms with Crippen LogP contribution in [-0.2, 0) is 0 Å². The van der Waals surface area contributed by atoms with Crippen LogP contribution in [0.4, 0.5) is 0 Å². The van der Waals surface area contributed by atoms with Gasteiger partial charge in [-0.3, -0.25) is 0 Å². The quantitative estimate of drug-likeness (QED) is 0.880. The minimum atomic E-state index is 0.294. The second-order valence-corrected chi connectivity index (χ2v) is 6.80. The van der Waals surface area contributed by atoms with Crippen LogP contribution >= 0.6 is 11.3 Å². The van der Waals surface area contributed by atoms with Gasteiger partial charge in [0.25, 0.3) is 0 Å². The molecular weight excluding hydrogens is 264 g/mol. The summed E-state index contributed by atoms with van der Waals surface area (Å²) in [6, 6.07) is 9.24. The molecule has 106 valence electrons. The summed E-state index contributed by atoms with van der Waals surface area (Å²) in [5.41, 5.74) is 2.98. The Morgan fingerprint density at radius 1 is 1.35 bits per heavy atom. The van der Waals surface area contributed by atoms with E-state index in [-0.39, 0.29) is 0 Å². The average Bonchev–Trinajstić information content (AvgIpc) is 2.81. The number of rotatable bonds is 5. The van der Waals surface area contributed by atoms with Crippen LogP contribution in [-0.4, -0.2) is 11.5 Å². The number of nitrogens with one attached hydrogen (secondary N) is 1. The maximum Gasteiger partial charge on any atom is 0.0897 e. The lowest BCUT2D eigenvalue weighted by Gasteiger charge is -2.30. The molecule has 0 radical (unpaired) electrons. The first-order chi connectivity index (χ1) is 9.79. The molecule has 1 N–H and O–H groups in total. The summed E-state index contributed by atoms with van der Waals surface area (Å²) < 4.78 is 0. The number of aromatic nitrogens is 1. The molecule has 1 aromatic heterocycles. The third kappa shape index (κ3) is 2.65. The van der Waals surface area contributed by atoms with Crippen LogP contribution < -0.4 is 5.32 Å². The van der Waals surface area contributed by atoms with Crippen LogP contribution in [0.1, 0.15) is 59.2 Å². The molecule has 1 unspecified atom stereocenters. The topological polar surface area (TPSA) is 24.9 Å². The van der Waals surface area contributed by atoms with E-state index in [0.29, 0.717) is 6.04 Å².